The van der Waals surface area contributed by atoms with Crippen molar-refractivity contribution in [3.05, 3.63) is 35.9 Å². The number of benzene rings is 1. The van der Waals surface area contributed by atoms with Crippen molar-refractivity contribution < 1.29 is 15.0 Å². The van der Waals surface area contributed by atoms with Gasteiger partial charge in [0.15, 0.2) is 0 Å². The largest absolute Gasteiger partial charge is 0.478 e. The van der Waals surface area contributed by atoms with E-state index in [1.54, 1.807) is 30.3 Å². The molecular weight excluding hydrogens is 304 g/mol. The van der Waals surface area contributed by atoms with E-state index in [2.05, 4.69) is 6.92 Å². The molecule has 0 aromatic heterocycles. The lowest BCUT2D eigenvalue weighted by Gasteiger charge is -2.07. The van der Waals surface area contributed by atoms with Gasteiger partial charge in [-0.15, -0.1) is 23.5 Å². The highest BCUT2D eigenvalue weighted by atomic mass is 32.2. The average molecular weight is 328 g/mol. The maximum Gasteiger partial charge on any atom is 0.335 e. The maximum absolute atomic E-state index is 10.2. The van der Waals surface area contributed by atoms with Crippen molar-refractivity contribution in [2.45, 2.75) is 42.4 Å². The Morgan fingerprint density at radius 1 is 1.29 bits per heavy atom. The molecule has 2 atom stereocenters. The quantitative estimate of drug-likeness (QED) is 0.769. The summed E-state index contributed by atoms with van der Waals surface area (Å²) in [5, 5.41) is 17.8. The van der Waals surface area contributed by atoms with Gasteiger partial charge in [-0.2, -0.15) is 0 Å². The highest BCUT2D eigenvalue weighted by Gasteiger charge is 2.24. The molecule has 1 aliphatic rings. The van der Waals surface area contributed by atoms with Crippen LogP contribution in [-0.2, 0) is 0 Å². The standard InChI is InChI=1S/C9H18OS2.C7H6O2/c1-2-3-4-5-9-11-7-8(6-10)12-9;8-7(9)6-4-2-1-3-5-6/h8-10H,2-7H2,1H3;1-5H,(H,8,9)/t8-,9-;/m1./s1. The van der Waals surface area contributed by atoms with Crippen molar-refractivity contribution in [3.63, 3.8) is 0 Å². The second-order valence-electron chi connectivity index (χ2n) is 4.87. The molecule has 0 radical (unpaired) electrons. The molecule has 1 aromatic carbocycles. The van der Waals surface area contributed by atoms with Crippen LogP contribution in [0.4, 0.5) is 0 Å². The van der Waals surface area contributed by atoms with Gasteiger partial charge in [-0.1, -0.05) is 44.4 Å². The zero-order chi connectivity index (χ0) is 15.5. The second-order valence-corrected chi connectivity index (χ2v) is 7.91. The molecule has 0 saturated carbocycles. The van der Waals surface area contributed by atoms with Crippen LogP contribution in [0.25, 0.3) is 0 Å². The number of hydrogen-bond acceptors (Lipinski definition) is 4. The number of thioether (sulfide) groups is 2. The normalized spacial score (nSPS) is 20.7. The van der Waals surface area contributed by atoms with Gasteiger partial charge in [-0.25, -0.2) is 4.79 Å². The van der Waals surface area contributed by atoms with Gasteiger partial charge in [0.05, 0.1) is 16.8 Å². The first-order chi connectivity index (χ1) is 10.2. The minimum Gasteiger partial charge on any atom is -0.478 e. The first-order valence-corrected chi connectivity index (χ1v) is 9.32. The van der Waals surface area contributed by atoms with E-state index in [9.17, 15) is 4.79 Å². The number of carbonyl (C=O) groups is 1. The highest BCUT2D eigenvalue weighted by molar-refractivity contribution is 8.20. The zero-order valence-electron chi connectivity index (χ0n) is 12.4. The molecule has 1 heterocycles. The van der Waals surface area contributed by atoms with Crippen LogP contribution in [-0.4, -0.2) is 38.4 Å². The Morgan fingerprint density at radius 3 is 2.48 bits per heavy atom. The van der Waals surface area contributed by atoms with E-state index in [0.717, 1.165) is 10.3 Å². The first kappa shape index (κ1) is 18.4. The molecule has 0 unspecified atom stereocenters. The number of hydrogen-bond donors (Lipinski definition) is 2. The number of rotatable bonds is 6. The number of aliphatic hydroxyl groups excluding tert-OH is 1. The summed E-state index contributed by atoms with van der Waals surface area (Å²) in [6, 6.07) is 8.30. The summed E-state index contributed by atoms with van der Waals surface area (Å²) >= 11 is 4.00. The summed E-state index contributed by atoms with van der Waals surface area (Å²) < 4.78 is 0.772. The Bertz CT molecular complexity index is 398. The predicted octanol–water partition coefficient (Wildman–Crippen LogP) is 4.12. The van der Waals surface area contributed by atoms with Crippen LogP contribution in [0.2, 0.25) is 0 Å². The molecule has 0 bridgehead atoms. The summed E-state index contributed by atoms with van der Waals surface area (Å²) in [5.74, 6) is 0.272. The summed E-state index contributed by atoms with van der Waals surface area (Å²) in [4.78, 5) is 10.2. The van der Waals surface area contributed by atoms with Crippen LogP contribution in [0, 0.1) is 0 Å². The third kappa shape index (κ3) is 7.79. The molecule has 1 aromatic rings. The van der Waals surface area contributed by atoms with Crippen LogP contribution in [0.3, 0.4) is 0 Å². The third-order valence-electron chi connectivity index (χ3n) is 3.08. The van der Waals surface area contributed by atoms with Crippen LogP contribution < -0.4 is 0 Å². The molecule has 1 aliphatic heterocycles. The van der Waals surface area contributed by atoms with E-state index in [4.69, 9.17) is 10.2 Å². The lowest BCUT2D eigenvalue weighted by molar-refractivity contribution is 0.0697. The maximum atomic E-state index is 10.2. The molecule has 1 saturated heterocycles. The van der Waals surface area contributed by atoms with Crippen molar-refractivity contribution in [1.29, 1.82) is 0 Å². The zero-order valence-corrected chi connectivity index (χ0v) is 14.0. The van der Waals surface area contributed by atoms with E-state index < -0.39 is 5.97 Å². The second kappa shape index (κ2) is 11.0. The van der Waals surface area contributed by atoms with E-state index in [-0.39, 0.29) is 0 Å². The molecule has 0 spiro atoms. The van der Waals surface area contributed by atoms with Crippen molar-refractivity contribution in [1.82, 2.24) is 0 Å². The van der Waals surface area contributed by atoms with E-state index in [0.29, 0.717) is 17.4 Å². The monoisotopic (exact) mass is 328 g/mol. The van der Waals surface area contributed by atoms with Gasteiger partial charge in [-0.05, 0) is 18.6 Å². The SMILES string of the molecule is CCCCC[C@@H]1SC[C@@H](CO)S1.O=C(O)c1ccccc1. The molecule has 3 nitrogen and oxygen atoms in total. The number of aliphatic hydroxyl groups is 1. The topological polar surface area (TPSA) is 57.5 Å². The molecule has 1 fully saturated rings. The molecule has 2 rings (SSSR count). The lowest BCUT2D eigenvalue weighted by Crippen LogP contribution is -2.06. The third-order valence-corrected chi connectivity index (χ3v) is 6.47. The fourth-order valence-electron chi connectivity index (χ4n) is 1.90. The van der Waals surface area contributed by atoms with Crippen molar-refractivity contribution in [2.24, 2.45) is 0 Å². The molecule has 21 heavy (non-hydrogen) atoms. The van der Waals surface area contributed by atoms with Gasteiger partial charge in [-0.3, -0.25) is 0 Å². The molecule has 118 valence electrons. The fraction of sp³-hybridized carbons (Fsp3) is 0.562. The van der Waals surface area contributed by atoms with Crippen LogP contribution in [0.1, 0.15) is 43.0 Å². The molecule has 2 N–H and O–H groups in total. The number of carboxylic acids is 1. The summed E-state index contributed by atoms with van der Waals surface area (Å²) in [6.07, 6.45) is 5.37. The summed E-state index contributed by atoms with van der Waals surface area (Å²) in [5.41, 5.74) is 0.331. The average Bonchev–Trinajstić information content (AvgIpc) is 2.97. The Kier molecular flexibility index (Phi) is 9.63. The molecule has 0 amide bonds. The fourth-order valence-corrected chi connectivity index (χ4v) is 5.15. The Morgan fingerprint density at radius 2 is 2.00 bits per heavy atom. The smallest absolute Gasteiger partial charge is 0.335 e. The van der Waals surface area contributed by atoms with Gasteiger partial charge >= 0.3 is 5.97 Å². The molecular formula is C16H24O3S2. The summed E-state index contributed by atoms with van der Waals surface area (Å²) in [7, 11) is 0. The van der Waals surface area contributed by atoms with Gasteiger partial charge in [0.1, 0.15) is 0 Å². The predicted molar refractivity (Wildman–Crippen MR) is 92.3 cm³/mol. The number of aromatic carboxylic acids is 1. The molecule has 0 aliphatic carbocycles. The van der Waals surface area contributed by atoms with Crippen LogP contribution >= 0.6 is 23.5 Å². The van der Waals surface area contributed by atoms with Gasteiger partial charge in [0.25, 0.3) is 0 Å². The first-order valence-electron chi connectivity index (χ1n) is 7.33. The highest BCUT2D eigenvalue weighted by Crippen LogP contribution is 2.40. The minimum absolute atomic E-state index is 0.331. The van der Waals surface area contributed by atoms with Gasteiger partial charge < -0.3 is 10.2 Å². The van der Waals surface area contributed by atoms with Gasteiger partial charge in [0, 0.05) is 11.0 Å². The van der Waals surface area contributed by atoms with Crippen molar-refractivity contribution in [2.75, 3.05) is 12.4 Å². The van der Waals surface area contributed by atoms with Crippen LogP contribution in [0.5, 0.6) is 0 Å². The van der Waals surface area contributed by atoms with Gasteiger partial charge in [0.2, 0.25) is 0 Å². The van der Waals surface area contributed by atoms with E-state index in [1.807, 2.05) is 23.5 Å². The number of unbranched alkanes of at least 4 members (excludes halogenated alkanes) is 2. The van der Waals surface area contributed by atoms with E-state index in [1.165, 1.54) is 25.7 Å². The number of carboxylic acid groups (broad SMARTS) is 1. The molecule has 5 heteroatoms. The lowest BCUT2D eigenvalue weighted by atomic mass is 10.2. The Hall–Kier alpha value is -0.650. The van der Waals surface area contributed by atoms with E-state index >= 15 is 0 Å². The van der Waals surface area contributed by atoms with Crippen molar-refractivity contribution >= 4 is 29.5 Å². The Labute approximate surface area is 135 Å². The van der Waals surface area contributed by atoms with Crippen LogP contribution in [0.15, 0.2) is 30.3 Å². The Balaban J connectivity index is 0.000000219. The van der Waals surface area contributed by atoms with Crippen molar-refractivity contribution in [3.8, 4) is 0 Å². The summed E-state index contributed by atoms with van der Waals surface area (Å²) in [6.45, 7) is 2.60. The minimum atomic E-state index is -0.879.